The number of alkyl carbamates (subject to hydrolysis) is 1. The number of nitrogens with one attached hydrogen (secondary N) is 1. The Morgan fingerprint density at radius 1 is 1.42 bits per heavy atom. The molecule has 1 aromatic rings. The van der Waals surface area contributed by atoms with Crippen molar-refractivity contribution in [3.05, 3.63) is 35.9 Å². The lowest BCUT2D eigenvalue weighted by molar-refractivity contribution is 0.0437. The fourth-order valence-corrected chi connectivity index (χ4v) is 3.23. The van der Waals surface area contributed by atoms with E-state index in [-0.39, 0.29) is 12.0 Å². The third-order valence-electron chi connectivity index (χ3n) is 4.69. The van der Waals surface area contributed by atoms with Crippen LogP contribution in [0.5, 0.6) is 0 Å². The molecule has 1 heterocycles. The van der Waals surface area contributed by atoms with Crippen LogP contribution in [-0.4, -0.2) is 41.9 Å². The molecule has 134 valence electrons. The summed E-state index contributed by atoms with van der Waals surface area (Å²) in [7, 11) is 0. The highest BCUT2D eigenvalue weighted by atomic mass is 19.1. The zero-order valence-electron chi connectivity index (χ0n) is 15.3. The Balaban J connectivity index is 2.09. The molecule has 1 N–H and O–H groups in total. The standard InChI is InChI=1S/C19H29FN2O2/c1-14(15-9-7-6-8-10-15)22-12-16(11-20)19(5,13-22)21-17(23)24-18(2,3)4/h6-10,14,16H,11-13H2,1-5H3,(H,21,23)/t14-,16-,19+/m1/s1. The third-order valence-corrected chi connectivity index (χ3v) is 4.69. The molecule has 0 unspecified atom stereocenters. The second kappa shape index (κ2) is 7.09. The number of carbonyl (C=O) groups excluding carboxylic acids is 1. The van der Waals surface area contributed by atoms with E-state index in [9.17, 15) is 9.18 Å². The predicted octanol–water partition coefficient (Wildman–Crippen LogP) is 3.93. The molecule has 0 bridgehead atoms. The van der Waals surface area contributed by atoms with Crippen molar-refractivity contribution in [3.63, 3.8) is 0 Å². The maximum absolute atomic E-state index is 13.6. The van der Waals surface area contributed by atoms with Crippen molar-refractivity contribution in [1.29, 1.82) is 0 Å². The fraction of sp³-hybridized carbons (Fsp3) is 0.632. The number of amides is 1. The van der Waals surface area contributed by atoms with Crippen LogP contribution in [0.1, 0.15) is 46.2 Å². The lowest BCUT2D eigenvalue weighted by Gasteiger charge is -2.32. The quantitative estimate of drug-likeness (QED) is 0.906. The van der Waals surface area contributed by atoms with Gasteiger partial charge in [-0.05, 0) is 40.2 Å². The van der Waals surface area contributed by atoms with Gasteiger partial charge < -0.3 is 10.1 Å². The van der Waals surface area contributed by atoms with Gasteiger partial charge in [0.1, 0.15) is 5.60 Å². The van der Waals surface area contributed by atoms with Crippen molar-refractivity contribution in [3.8, 4) is 0 Å². The largest absolute Gasteiger partial charge is 0.444 e. The molecule has 0 radical (unpaired) electrons. The smallest absolute Gasteiger partial charge is 0.408 e. The number of benzene rings is 1. The summed E-state index contributed by atoms with van der Waals surface area (Å²) in [5.41, 5.74) is -0.0156. The van der Waals surface area contributed by atoms with Crippen molar-refractivity contribution in [1.82, 2.24) is 10.2 Å². The van der Waals surface area contributed by atoms with Gasteiger partial charge in [-0.1, -0.05) is 30.3 Å². The zero-order valence-corrected chi connectivity index (χ0v) is 15.3. The Kier molecular flexibility index (Phi) is 5.53. The van der Waals surface area contributed by atoms with Gasteiger partial charge in [0.15, 0.2) is 0 Å². The average molecular weight is 336 g/mol. The number of nitrogens with zero attached hydrogens (tertiary/aromatic N) is 1. The van der Waals surface area contributed by atoms with Crippen LogP contribution in [0.25, 0.3) is 0 Å². The average Bonchev–Trinajstić information content (AvgIpc) is 2.81. The van der Waals surface area contributed by atoms with Crippen LogP contribution in [-0.2, 0) is 4.74 Å². The first-order valence-corrected chi connectivity index (χ1v) is 8.51. The SMILES string of the molecule is C[C@H](c1ccccc1)N1C[C@@H](CF)[C@@](C)(NC(=O)OC(C)(C)C)C1. The van der Waals surface area contributed by atoms with Crippen LogP contribution in [0, 0.1) is 5.92 Å². The molecule has 1 aliphatic heterocycles. The second-order valence-corrected chi connectivity index (χ2v) is 7.91. The Bertz CT molecular complexity index is 558. The minimum atomic E-state index is -0.639. The van der Waals surface area contributed by atoms with Crippen LogP contribution < -0.4 is 5.32 Å². The van der Waals surface area contributed by atoms with Crippen LogP contribution in [0.2, 0.25) is 0 Å². The first-order chi connectivity index (χ1) is 11.1. The third kappa shape index (κ3) is 4.47. The molecule has 1 fully saturated rings. The summed E-state index contributed by atoms with van der Waals surface area (Å²) in [4.78, 5) is 14.4. The van der Waals surface area contributed by atoms with Crippen molar-refractivity contribution >= 4 is 6.09 Å². The Morgan fingerprint density at radius 2 is 2.04 bits per heavy atom. The van der Waals surface area contributed by atoms with Crippen LogP contribution in [0.3, 0.4) is 0 Å². The van der Waals surface area contributed by atoms with Gasteiger partial charge in [-0.15, -0.1) is 0 Å². The summed E-state index contributed by atoms with van der Waals surface area (Å²) in [5, 5.41) is 2.91. The van der Waals surface area contributed by atoms with Crippen LogP contribution in [0.15, 0.2) is 30.3 Å². The molecule has 0 saturated carbocycles. The van der Waals surface area contributed by atoms with Crippen LogP contribution in [0.4, 0.5) is 9.18 Å². The van der Waals surface area contributed by atoms with Crippen molar-refractivity contribution < 1.29 is 13.9 Å². The molecule has 1 aromatic carbocycles. The van der Waals surface area contributed by atoms with Crippen molar-refractivity contribution in [2.24, 2.45) is 5.92 Å². The molecule has 2 rings (SSSR count). The summed E-state index contributed by atoms with van der Waals surface area (Å²) in [6.45, 7) is 10.2. The molecule has 3 atom stereocenters. The number of halogens is 1. The number of hydrogen-bond acceptors (Lipinski definition) is 3. The second-order valence-electron chi connectivity index (χ2n) is 7.91. The van der Waals surface area contributed by atoms with E-state index in [0.29, 0.717) is 13.1 Å². The Morgan fingerprint density at radius 3 is 2.58 bits per heavy atom. The maximum Gasteiger partial charge on any atom is 0.408 e. The van der Waals surface area contributed by atoms with Gasteiger partial charge in [-0.3, -0.25) is 9.29 Å². The van der Waals surface area contributed by atoms with E-state index < -0.39 is 23.9 Å². The molecule has 24 heavy (non-hydrogen) atoms. The monoisotopic (exact) mass is 336 g/mol. The molecule has 0 spiro atoms. The molecular formula is C19H29FN2O2. The number of carbonyl (C=O) groups is 1. The minimum Gasteiger partial charge on any atom is -0.444 e. The van der Waals surface area contributed by atoms with E-state index in [2.05, 4.69) is 29.3 Å². The number of ether oxygens (including phenoxy) is 1. The molecule has 4 nitrogen and oxygen atoms in total. The van der Waals surface area contributed by atoms with E-state index in [1.54, 1.807) is 0 Å². The van der Waals surface area contributed by atoms with Crippen molar-refractivity contribution in [2.45, 2.75) is 51.8 Å². The zero-order chi connectivity index (χ0) is 18.0. The van der Waals surface area contributed by atoms with E-state index in [1.807, 2.05) is 45.9 Å². The number of alkyl halides is 1. The molecule has 1 amide bonds. The van der Waals surface area contributed by atoms with E-state index in [1.165, 1.54) is 5.56 Å². The van der Waals surface area contributed by atoms with Gasteiger partial charge in [-0.25, -0.2) is 4.79 Å². The summed E-state index contributed by atoms with van der Waals surface area (Å²) in [6.07, 6.45) is -0.488. The van der Waals surface area contributed by atoms with Gasteiger partial charge in [0.25, 0.3) is 0 Å². The topological polar surface area (TPSA) is 41.6 Å². The predicted molar refractivity (Wildman–Crippen MR) is 93.7 cm³/mol. The number of rotatable bonds is 4. The van der Waals surface area contributed by atoms with E-state index in [0.717, 1.165) is 0 Å². The molecular weight excluding hydrogens is 307 g/mol. The molecule has 0 aliphatic carbocycles. The van der Waals surface area contributed by atoms with E-state index in [4.69, 9.17) is 4.74 Å². The van der Waals surface area contributed by atoms with Crippen molar-refractivity contribution in [2.75, 3.05) is 19.8 Å². The van der Waals surface area contributed by atoms with Crippen LogP contribution >= 0.6 is 0 Å². The molecule has 5 heteroatoms. The fourth-order valence-electron chi connectivity index (χ4n) is 3.23. The normalized spacial score (nSPS) is 26.2. The maximum atomic E-state index is 13.6. The molecule has 0 aromatic heterocycles. The summed E-state index contributed by atoms with van der Waals surface area (Å²) in [6, 6.07) is 10.3. The Hall–Kier alpha value is -1.62. The lowest BCUT2D eigenvalue weighted by Crippen LogP contribution is -2.53. The molecule has 1 saturated heterocycles. The van der Waals surface area contributed by atoms with Gasteiger partial charge >= 0.3 is 6.09 Å². The summed E-state index contributed by atoms with van der Waals surface area (Å²) in [5.74, 6) is -0.254. The summed E-state index contributed by atoms with van der Waals surface area (Å²) >= 11 is 0. The Labute approximate surface area is 144 Å². The first kappa shape index (κ1) is 18.7. The van der Waals surface area contributed by atoms with Gasteiger partial charge in [0.05, 0.1) is 12.2 Å². The van der Waals surface area contributed by atoms with Gasteiger partial charge in [0.2, 0.25) is 0 Å². The van der Waals surface area contributed by atoms with Gasteiger partial charge in [0, 0.05) is 25.0 Å². The number of likely N-dealkylation sites (tertiary alicyclic amines) is 1. The highest BCUT2D eigenvalue weighted by molar-refractivity contribution is 5.69. The number of hydrogen-bond donors (Lipinski definition) is 1. The lowest BCUT2D eigenvalue weighted by atomic mass is 9.90. The van der Waals surface area contributed by atoms with Gasteiger partial charge in [-0.2, -0.15) is 0 Å². The summed E-state index contributed by atoms with van der Waals surface area (Å²) < 4.78 is 18.9. The molecule has 1 aliphatic rings. The van der Waals surface area contributed by atoms with E-state index >= 15 is 0 Å². The minimum absolute atomic E-state index is 0.169. The first-order valence-electron chi connectivity index (χ1n) is 8.51. The highest BCUT2D eigenvalue weighted by Gasteiger charge is 2.46. The highest BCUT2D eigenvalue weighted by Crippen LogP contribution is 2.34.